The molecule has 172 valence electrons. The summed E-state index contributed by atoms with van der Waals surface area (Å²) in [5.74, 6) is 0.807. The van der Waals surface area contributed by atoms with Gasteiger partial charge in [0, 0.05) is 31.1 Å². The lowest BCUT2D eigenvalue weighted by atomic mass is 9.96. The van der Waals surface area contributed by atoms with E-state index in [0.717, 1.165) is 10.5 Å². The topological polar surface area (TPSA) is 77.0 Å². The molecule has 0 N–H and O–H groups in total. The van der Waals surface area contributed by atoms with E-state index in [1.807, 2.05) is 61.6 Å². The van der Waals surface area contributed by atoms with Crippen LogP contribution < -0.4 is 19.8 Å². The average Bonchev–Trinajstić information content (AvgIpc) is 3.38. The van der Waals surface area contributed by atoms with Crippen molar-refractivity contribution in [1.29, 1.82) is 0 Å². The Morgan fingerprint density at radius 1 is 1.27 bits per heavy atom. The number of rotatable bonds is 6. The van der Waals surface area contributed by atoms with Crippen LogP contribution in [0.2, 0.25) is 0 Å². The standard InChI is InChI=1S/C24H25N3O4S2/c1-6-30-23(29)20-14(2)25-24-27(21(20)15-7-10-17(32-5)11-8-15)22(28)18(33-24)13-16-9-12-19(31-16)26(3)4/h7-13,21H,6H2,1-5H3/b18-13+. The normalized spacial score (nSPS) is 15.9. The number of hydrogen-bond acceptors (Lipinski definition) is 8. The van der Waals surface area contributed by atoms with Crippen LogP contribution in [-0.4, -0.2) is 37.5 Å². The minimum Gasteiger partial charge on any atom is -0.463 e. The summed E-state index contributed by atoms with van der Waals surface area (Å²) in [4.78, 5) is 34.5. The lowest BCUT2D eigenvalue weighted by Crippen LogP contribution is -2.39. The Labute approximate surface area is 199 Å². The number of carbonyl (C=O) groups is 1. The lowest BCUT2D eigenvalue weighted by Gasteiger charge is -2.24. The van der Waals surface area contributed by atoms with Crippen molar-refractivity contribution in [1.82, 2.24) is 4.57 Å². The van der Waals surface area contributed by atoms with Gasteiger partial charge in [0.25, 0.3) is 5.56 Å². The predicted octanol–water partition coefficient (Wildman–Crippen LogP) is 3.18. The van der Waals surface area contributed by atoms with E-state index in [0.29, 0.717) is 32.2 Å². The van der Waals surface area contributed by atoms with Crippen molar-refractivity contribution >= 4 is 41.0 Å². The van der Waals surface area contributed by atoms with Crippen LogP contribution in [0, 0.1) is 0 Å². The molecule has 9 heteroatoms. The Morgan fingerprint density at radius 2 is 2.00 bits per heavy atom. The molecule has 7 nitrogen and oxygen atoms in total. The molecule has 2 aromatic heterocycles. The van der Waals surface area contributed by atoms with Crippen LogP contribution in [0.4, 0.5) is 5.88 Å². The summed E-state index contributed by atoms with van der Waals surface area (Å²) in [6, 6.07) is 10.9. The highest BCUT2D eigenvalue weighted by molar-refractivity contribution is 7.98. The maximum atomic E-state index is 13.5. The van der Waals surface area contributed by atoms with E-state index in [1.165, 1.54) is 11.3 Å². The first-order valence-corrected chi connectivity index (χ1v) is 12.5. The number of esters is 1. The Bertz CT molecular complexity index is 1390. The van der Waals surface area contributed by atoms with Crippen LogP contribution in [0.25, 0.3) is 6.08 Å². The monoisotopic (exact) mass is 483 g/mol. The molecule has 0 aliphatic carbocycles. The highest BCUT2D eigenvalue weighted by Gasteiger charge is 2.33. The van der Waals surface area contributed by atoms with Crippen LogP contribution in [0.1, 0.15) is 31.2 Å². The first-order chi connectivity index (χ1) is 15.8. The van der Waals surface area contributed by atoms with Crippen molar-refractivity contribution in [3.05, 3.63) is 78.7 Å². The zero-order chi connectivity index (χ0) is 23.7. The number of furan rings is 1. The van der Waals surface area contributed by atoms with Gasteiger partial charge in [-0.15, -0.1) is 11.8 Å². The van der Waals surface area contributed by atoms with Gasteiger partial charge in [-0.05, 0) is 43.9 Å². The zero-order valence-corrected chi connectivity index (χ0v) is 20.8. The number of allylic oxidation sites excluding steroid dienone is 1. The predicted molar refractivity (Wildman–Crippen MR) is 132 cm³/mol. The molecule has 1 aromatic carbocycles. The number of hydrogen-bond donors (Lipinski definition) is 0. The van der Waals surface area contributed by atoms with Gasteiger partial charge in [0.15, 0.2) is 10.7 Å². The van der Waals surface area contributed by atoms with E-state index >= 15 is 0 Å². The van der Waals surface area contributed by atoms with Crippen molar-refractivity contribution in [2.24, 2.45) is 4.99 Å². The maximum absolute atomic E-state index is 13.5. The Morgan fingerprint density at radius 3 is 2.61 bits per heavy atom. The average molecular weight is 484 g/mol. The third-order valence-corrected chi connectivity index (χ3v) is 7.00. The maximum Gasteiger partial charge on any atom is 0.338 e. The fourth-order valence-electron chi connectivity index (χ4n) is 3.68. The molecular formula is C24H25N3O4S2. The molecule has 1 aliphatic heterocycles. The molecule has 4 rings (SSSR count). The molecule has 3 heterocycles. The Kier molecular flexibility index (Phi) is 6.62. The molecule has 3 aromatic rings. The van der Waals surface area contributed by atoms with E-state index in [4.69, 9.17) is 9.15 Å². The van der Waals surface area contributed by atoms with Crippen LogP contribution >= 0.6 is 23.1 Å². The second-order valence-corrected chi connectivity index (χ2v) is 9.53. The van der Waals surface area contributed by atoms with E-state index in [-0.39, 0.29) is 12.2 Å². The highest BCUT2D eigenvalue weighted by Crippen LogP contribution is 2.31. The first-order valence-electron chi connectivity index (χ1n) is 10.4. The van der Waals surface area contributed by atoms with Crippen molar-refractivity contribution in [3.63, 3.8) is 0 Å². The molecule has 0 bridgehead atoms. The van der Waals surface area contributed by atoms with Gasteiger partial charge in [-0.3, -0.25) is 9.36 Å². The summed E-state index contributed by atoms with van der Waals surface area (Å²) in [6.07, 6.45) is 3.72. The fourth-order valence-corrected chi connectivity index (χ4v) is 5.12. The number of anilines is 1. The summed E-state index contributed by atoms with van der Waals surface area (Å²) in [5.41, 5.74) is 1.52. The molecular weight excluding hydrogens is 458 g/mol. The fraction of sp³-hybridized carbons (Fsp3) is 0.292. The van der Waals surface area contributed by atoms with Gasteiger partial charge in [-0.2, -0.15) is 0 Å². The minimum atomic E-state index is -0.618. The van der Waals surface area contributed by atoms with Gasteiger partial charge in [-0.1, -0.05) is 23.5 Å². The third kappa shape index (κ3) is 4.43. The minimum absolute atomic E-state index is 0.227. The van der Waals surface area contributed by atoms with Gasteiger partial charge in [0.2, 0.25) is 0 Å². The van der Waals surface area contributed by atoms with Crippen molar-refractivity contribution < 1.29 is 13.9 Å². The Hall–Kier alpha value is -3.04. The van der Waals surface area contributed by atoms with Crippen LogP contribution in [0.15, 0.2) is 66.8 Å². The van der Waals surface area contributed by atoms with E-state index < -0.39 is 12.0 Å². The molecule has 0 saturated heterocycles. The Balaban J connectivity index is 1.91. The van der Waals surface area contributed by atoms with Crippen LogP contribution in [-0.2, 0) is 9.53 Å². The van der Waals surface area contributed by atoms with Gasteiger partial charge < -0.3 is 14.1 Å². The molecule has 0 radical (unpaired) electrons. The number of fused-ring (bicyclic) bond motifs is 1. The quantitative estimate of drug-likeness (QED) is 0.396. The summed E-state index contributed by atoms with van der Waals surface area (Å²) < 4.78 is 13.2. The number of aromatic nitrogens is 1. The SMILES string of the molecule is CCOC(=O)C1=C(C)N=c2s/c(=C/c3ccc(N(C)C)o3)c(=O)n2C1c1ccc(SC)cc1. The molecule has 0 amide bonds. The number of benzene rings is 1. The zero-order valence-electron chi connectivity index (χ0n) is 19.1. The molecule has 0 fully saturated rings. The van der Waals surface area contributed by atoms with E-state index in [9.17, 15) is 9.59 Å². The van der Waals surface area contributed by atoms with E-state index in [1.54, 1.807) is 36.3 Å². The van der Waals surface area contributed by atoms with Gasteiger partial charge in [0.05, 0.1) is 28.5 Å². The number of thioether (sulfide) groups is 1. The summed E-state index contributed by atoms with van der Waals surface area (Å²) in [7, 11) is 3.77. The van der Waals surface area contributed by atoms with Crippen LogP contribution in [0.5, 0.6) is 0 Å². The molecule has 0 saturated carbocycles. The largest absolute Gasteiger partial charge is 0.463 e. The molecule has 0 spiro atoms. The summed E-state index contributed by atoms with van der Waals surface area (Å²) in [6.45, 7) is 3.78. The smallest absolute Gasteiger partial charge is 0.338 e. The number of ether oxygens (including phenoxy) is 1. The van der Waals surface area contributed by atoms with Gasteiger partial charge in [-0.25, -0.2) is 9.79 Å². The molecule has 33 heavy (non-hydrogen) atoms. The lowest BCUT2D eigenvalue weighted by molar-refractivity contribution is -0.139. The number of thiazole rings is 1. The van der Waals surface area contributed by atoms with Gasteiger partial charge in [0.1, 0.15) is 5.76 Å². The second kappa shape index (κ2) is 9.44. The second-order valence-electron chi connectivity index (χ2n) is 7.65. The van der Waals surface area contributed by atoms with Crippen molar-refractivity contribution in [2.45, 2.75) is 24.8 Å². The van der Waals surface area contributed by atoms with Crippen molar-refractivity contribution in [3.8, 4) is 0 Å². The number of nitrogens with zero attached hydrogens (tertiary/aromatic N) is 3. The van der Waals surface area contributed by atoms with Crippen molar-refractivity contribution in [2.75, 3.05) is 31.9 Å². The molecule has 1 aliphatic rings. The van der Waals surface area contributed by atoms with Crippen LogP contribution in [0.3, 0.4) is 0 Å². The summed E-state index contributed by atoms with van der Waals surface area (Å²) >= 11 is 2.91. The van der Waals surface area contributed by atoms with E-state index in [2.05, 4.69) is 4.99 Å². The molecule has 1 atom stereocenters. The summed E-state index contributed by atoms with van der Waals surface area (Å²) in [5, 5.41) is 0. The molecule has 1 unspecified atom stereocenters. The third-order valence-electron chi connectivity index (χ3n) is 5.28. The number of carbonyl (C=O) groups excluding carboxylic acids is 1. The van der Waals surface area contributed by atoms with Gasteiger partial charge >= 0.3 is 5.97 Å². The first kappa shape index (κ1) is 23.1. The highest BCUT2D eigenvalue weighted by atomic mass is 32.2.